The number of nitrogens with zero attached hydrogens (tertiary/aromatic N) is 2. The van der Waals surface area contributed by atoms with Gasteiger partial charge in [-0.3, -0.25) is 4.68 Å². The largest absolute Gasteiger partial charge is 0.305 e. The van der Waals surface area contributed by atoms with Crippen LogP contribution in [0.25, 0.3) is 0 Å². The van der Waals surface area contributed by atoms with Crippen LogP contribution in [0.5, 0.6) is 0 Å². The second-order valence-corrected chi connectivity index (χ2v) is 3.75. The third kappa shape index (κ3) is 2.36. The van der Waals surface area contributed by atoms with Crippen LogP contribution in [0.1, 0.15) is 18.3 Å². The van der Waals surface area contributed by atoms with Crippen molar-refractivity contribution >= 4 is 11.6 Å². The molecule has 4 heteroatoms. The fraction of sp³-hybridized carbons (Fsp3) is 0.500. The Morgan fingerprint density at radius 1 is 1.71 bits per heavy atom. The van der Waals surface area contributed by atoms with E-state index in [1.165, 1.54) is 0 Å². The van der Waals surface area contributed by atoms with E-state index in [1.54, 1.807) is 4.68 Å². The van der Waals surface area contributed by atoms with Crippen LogP contribution in [-0.2, 0) is 13.6 Å². The standard InChI is InChI=1S/C10H16ClN3/c1-5-7(2)12-6-9-10(11)8(3)13-14(9)4/h5,7,12H,1,6H2,2-4H3. The molecule has 0 bridgehead atoms. The summed E-state index contributed by atoms with van der Waals surface area (Å²) >= 11 is 6.09. The van der Waals surface area contributed by atoms with Crippen LogP contribution < -0.4 is 5.32 Å². The number of hydrogen-bond donors (Lipinski definition) is 1. The highest BCUT2D eigenvalue weighted by Crippen LogP contribution is 2.18. The number of rotatable bonds is 4. The van der Waals surface area contributed by atoms with Gasteiger partial charge in [-0.1, -0.05) is 17.7 Å². The lowest BCUT2D eigenvalue weighted by Gasteiger charge is -2.09. The molecule has 0 spiro atoms. The molecule has 1 atom stereocenters. The van der Waals surface area contributed by atoms with Crippen LogP contribution in [0.4, 0.5) is 0 Å². The van der Waals surface area contributed by atoms with Crippen LogP contribution >= 0.6 is 11.6 Å². The summed E-state index contributed by atoms with van der Waals surface area (Å²) in [5.41, 5.74) is 1.88. The molecule has 1 aromatic heterocycles. The fourth-order valence-corrected chi connectivity index (χ4v) is 1.44. The SMILES string of the molecule is C=CC(C)NCc1c(Cl)c(C)nn1C. The van der Waals surface area contributed by atoms with Crippen molar-refractivity contribution in [2.75, 3.05) is 0 Å². The summed E-state index contributed by atoms with van der Waals surface area (Å²) in [5, 5.41) is 8.26. The third-order valence-electron chi connectivity index (χ3n) is 2.21. The average Bonchev–Trinajstić information content (AvgIpc) is 2.39. The highest BCUT2D eigenvalue weighted by molar-refractivity contribution is 6.31. The van der Waals surface area contributed by atoms with Gasteiger partial charge >= 0.3 is 0 Å². The molecule has 0 aliphatic rings. The van der Waals surface area contributed by atoms with Crippen molar-refractivity contribution < 1.29 is 0 Å². The minimum Gasteiger partial charge on any atom is -0.305 e. The lowest BCUT2D eigenvalue weighted by molar-refractivity contribution is 0.591. The molecular formula is C10H16ClN3. The Morgan fingerprint density at radius 3 is 2.79 bits per heavy atom. The minimum absolute atomic E-state index is 0.279. The van der Waals surface area contributed by atoms with Gasteiger partial charge < -0.3 is 5.32 Å². The monoisotopic (exact) mass is 213 g/mol. The van der Waals surface area contributed by atoms with E-state index in [9.17, 15) is 0 Å². The predicted molar refractivity (Wildman–Crippen MR) is 59.5 cm³/mol. The van der Waals surface area contributed by atoms with Gasteiger partial charge in [-0.15, -0.1) is 6.58 Å². The maximum absolute atomic E-state index is 6.09. The Kier molecular flexibility index (Phi) is 3.72. The van der Waals surface area contributed by atoms with E-state index in [-0.39, 0.29) is 6.04 Å². The fourth-order valence-electron chi connectivity index (χ4n) is 1.21. The Morgan fingerprint density at radius 2 is 2.36 bits per heavy atom. The molecule has 0 saturated heterocycles. The summed E-state index contributed by atoms with van der Waals surface area (Å²) in [5.74, 6) is 0. The lowest BCUT2D eigenvalue weighted by atomic mass is 10.3. The van der Waals surface area contributed by atoms with Crippen LogP contribution in [0, 0.1) is 6.92 Å². The number of aryl methyl sites for hydroxylation is 2. The van der Waals surface area contributed by atoms with Gasteiger partial charge in [0.2, 0.25) is 0 Å². The molecule has 0 aliphatic heterocycles. The average molecular weight is 214 g/mol. The first-order chi connectivity index (χ1) is 6.56. The van der Waals surface area contributed by atoms with Crippen LogP contribution in [0.3, 0.4) is 0 Å². The highest BCUT2D eigenvalue weighted by Gasteiger charge is 2.10. The summed E-state index contributed by atoms with van der Waals surface area (Å²) in [6, 6.07) is 0.279. The van der Waals surface area contributed by atoms with Gasteiger partial charge in [0, 0.05) is 19.6 Å². The van der Waals surface area contributed by atoms with E-state index in [0.717, 1.165) is 16.4 Å². The van der Waals surface area contributed by atoms with Crippen LogP contribution in [-0.4, -0.2) is 15.8 Å². The van der Waals surface area contributed by atoms with E-state index in [4.69, 9.17) is 11.6 Å². The highest BCUT2D eigenvalue weighted by atomic mass is 35.5. The molecule has 0 fully saturated rings. The van der Waals surface area contributed by atoms with Gasteiger partial charge in [-0.25, -0.2) is 0 Å². The first-order valence-corrected chi connectivity index (χ1v) is 4.98. The van der Waals surface area contributed by atoms with Gasteiger partial charge in [0.15, 0.2) is 0 Å². The normalized spacial score (nSPS) is 12.9. The Labute approximate surface area is 89.8 Å². The Bertz CT molecular complexity index is 330. The summed E-state index contributed by atoms with van der Waals surface area (Å²) in [6.07, 6.45) is 1.86. The molecule has 1 N–H and O–H groups in total. The van der Waals surface area contributed by atoms with Gasteiger partial charge in [0.1, 0.15) is 0 Å². The predicted octanol–water partition coefficient (Wildman–Crippen LogP) is 2.05. The Hall–Kier alpha value is -0.800. The van der Waals surface area contributed by atoms with Crippen LogP contribution in [0.15, 0.2) is 12.7 Å². The minimum atomic E-state index is 0.279. The van der Waals surface area contributed by atoms with E-state index in [2.05, 4.69) is 17.0 Å². The van der Waals surface area contributed by atoms with Gasteiger partial charge in [0.05, 0.1) is 16.4 Å². The molecule has 1 aromatic rings. The molecule has 14 heavy (non-hydrogen) atoms. The van der Waals surface area contributed by atoms with Crippen LogP contribution in [0.2, 0.25) is 5.02 Å². The van der Waals surface area contributed by atoms with Crippen molar-refractivity contribution in [3.8, 4) is 0 Å². The molecule has 1 heterocycles. The maximum Gasteiger partial charge on any atom is 0.0860 e. The quantitative estimate of drug-likeness (QED) is 0.776. The van der Waals surface area contributed by atoms with E-state index in [0.29, 0.717) is 6.54 Å². The van der Waals surface area contributed by atoms with Crippen molar-refractivity contribution in [2.45, 2.75) is 26.4 Å². The van der Waals surface area contributed by atoms with Crippen molar-refractivity contribution in [3.05, 3.63) is 29.1 Å². The molecule has 0 amide bonds. The molecule has 0 aromatic carbocycles. The second kappa shape index (κ2) is 4.62. The van der Waals surface area contributed by atoms with E-state index < -0.39 is 0 Å². The smallest absolute Gasteiger partial charge is 0.0860 e. The molecule has 1 rings (SSSR count). The summed E-state index contributed by atoms with van der Waals surface area (Å²) in [6.45, 7) is 8.37. The second-order valence-electron chi connectivity index (χ2n) is 3.37. The topological polar surface area (TPSA) is 29.9 Å². The van der Waals surface area contributed by atoms with Gasteiger partial charge in [-0.05, 0) is 13.8 Å². The van der Waals surface area contributed by atoms with Gasteiger partial charge in [-0.2, -0.15) is 5.10 Å². The van der Waals surface area contributed by atoms with Crippen molar-refractivity contribution in [1.82, 2.24) is 15.1 Å². The van der Waals surface area contributed by atoms with E-state index in [1.807, 2.05) is 27.0 Å². The first-order valence-electron chi connectivity index (χ1n) is 4.60. The number of nitrogens with one attached hydrogen (secondary N) is 1. The summed E-state index contributed by atoms with van der Waals surface area (Å²) in [7, 11) is 1.90. The lowest BCUT2D eigenvalue weighted by Crippen LogP contribution is -2.24. The zero-order valence-corrected chi connectivity index (χ0v) is 9.60. The summed E-state index contributed by atoms with van der Waals surface area (Å²) < 4.78 is 1.81. The van der Waals surface area contributed by atoms with Crippen molar-refractivity contribution in [1.29, 1.82) is 0 Å². The zero-order valence-electron chi connectivity index (χ0n) is 8.84. The van der Waals surface area contributed by atoms with Gasteiger partial charge in [0.25, 0.3) is 0 Å². The molecule has 0 saturated carbocycles. The van der Waals surface area contributed by atoms with E-state index >= 15 is 0 Å². The molecule has 0 aliphatic carbocycles. The maximum atomic E-state index is 6.09. The molecular weight excluding hydrogens is 198 g/mol. The molecule has 78 valence electrons. The molecule has 0 radical (unpaired) electrons. The Balaban J connectivity index is 2.71. The third-order valence-corrected chi connectivity index (χ3v) is 2.70. The zero-order chi connectivity index (χ0) is 10.7. The molecule has 1 unspecified atom stereocenters. The number of halogens is 1. The number of hydrogen-bond acceptors (Lipinski definition) is 2. The van der Waals surface area contributed by atoms with Crippen molar-refractivity contribution in [3.63, 3.8) is 0 Å². The first kappa shape index (κ1) is 11.3. The summed E-state index contributed by atoms with van der Waals surface area (Å²) in [4.78, 5) is 0. The van der Waals surface area contributed by atoms with Crippen molar-refractivity contribution in [2.24, 2.45) is 7.05 Å². The number of aromatic nitrogens is 2. The molecule has 3 nitrogen and oxygen atoms in total.